The number of alkyl halides is 1. The highest BCUT2D eigenvalue weighted by Gasteiger charge is 2.16. The van der Waals surface area contributed by atoms with Crippen molar-refractivity contribution in [3.05, 3.63) is 28.2 Å². The molecule has 0 saturated heterocycles. The first-order valence-corrected chi connectivity index (χ1v) is 8.21. The molecule has 0 aliphatic carbocycles. The third-order valence-electron chi connectivity index (χ3n) is 2.77. The largest absolute Gasteiger partial charge is 0.323 e. The Labute approximate surface area is 123 Å². The van der Waals surface area contributed by atoms with Gasteiger partial charge in [0.15, 0.2) is 0 Å². The molecule has 2 rings (SSSR count). The van der Waals surface area contributed by atoms with Gasteiger partial charge in [-0.2, -0.15) is 11.8 Å². The molecule has 0 N–H and O–H groups in total. The Kier molecular flexibility index (Phi) is 4.56. The Balaban J connectivity index is 2.64. The van der Waals surface area contributed by atoms with Crippen LogP contribution < -0.4 is 0 Å². The van der Waals surface area contributed by atoms with E-state index >= 15 is 0 Å². The Bertz CT molecular complexity index is 573. The molecule has 1 aromatic carbocycles. The molecule has 0 bridgehead atoms. The maximum atomic E-state index is 13.7. The Morgan fingerprint density at radius 2 is 2.28 bits per heavy atom. The molecule has 1 heterocycles. The van der Waals surface area contributed by atoms with Crippen LogP contribution in [0.5, 0.6) is 0 Å². The lowest BCUT2D eigenvalue weighted by atomic mass is 10.3. The van der Waals surface area contributed by atoms with Crippen LogP contribution in [0.1, 0.15) is 18.8 Å². The van der Waals surface area contributed by atoms with Crippen LogP contribution in [0.15, 0.2) is 16.6 Å². The second-order valence-electron chi connectivity index (χ2n) is 4.09. The molecule has 1 unspecified atom stereocenters. The van der Waals surface area contributed by atoms with Crippen LogP contribution in [0, 0.1) is 5.82 Å². The van der Waals surface area contributed by atoms with Crippen molar-refractivity contribution in [2.75, 3.05) is 12.0 Å². The van der Waals surface area contributed by atoms with E-state index < -0.39 is 0 Å². The van der Waals surface area contributed by atoms with Gasteiger partial charge in [0.05, 0.1) is 21.4 Å². The predicted molar refractivity (Wildman–Crippen MR) is 80.0 cm³/mol. The molecule has 1 aromatic heterocycles. The van der Waals surface area contributed by atoms with Gasteiger partial charge in [0.2, 0.25) is 0 Å². The smallest absolute Gasteiger partial charge is 0.139 e. The van der Waals surface area contributed by atoms with Crippen LogP contribution >= 0.6 is 39.3 Å². The maximum Gasteiger partial charge on any atom is 0.139 e. The Hall–Kier alpha value is -0.260. The number of benzene rings is 1. The van der Waals surface area contributed by atoms with Crippen LogP contribution in [0.3, 0.4) is 0 Å². The van der Waals surface area contributed by atoms with Crippen molar-refractivity contribution in [3.63, 3.8) is 0 Å². The molecule has 0 aliphatic rings. The summed E-state index contributed by atoms with van der Waals surface area (Å²) in [7, 11) is 0. The van der Waals surface area contributed by atoms with Crippen molar-refractivity contribution in [2.24, 2.45) is 0 Å². The minimum absolute atomic E-state index is 0.235. The SMILES string of the molecule is CSCC(C)n1c(CCl)nc2cc(Br)c(F)cc21. The van der Waals surface area contributed by atoms with Crippen LogP contribution in [-0.2, 0) is 5.88 Å². The van der Waals surface area contributed by atoms with E-state index in [0.717, 1.165) is 22.6 Å². The summed E-state index contributed by atoms with van der Waals surface area (Å²) in [6.07, 6.45) is 2.05. The summed E-state index contributed by atoms with van der Waals surface area (Å²) in [4.78, 5) is 4.46. The number of aromatic nitrogens is 2. The number of hydrogen-bond acceptors (Lipinski definition) is 2. The minimum Gasteiger partial charge on any atom is -0.323 e. The molecule has 0 saturated carbocycles. The summed E-state index contributed by atoms with van der Waals surface area (Å²) in [5.41, 5.74) is 1.57. The second-order valence-corrected chi connectivity index (χ2v) is 6.12. The average Bonchev–Trinajstić information content (AvgIpc) is 2.68. The molecule has 1 atom stereocenters. The summed E-state index contributed by atoms with van der Waals surface area (Å²) in [5.74, 6) is 1.77. The first-order valence-electron chi connectivity index (χ1n) is 5.49. The molecule has 0 radical (unpaired) electrons. The summed E-state index contributed by atoms with van der Waals surface area (Å²) in [5, 5.41) is 0. The van der Waals surface area contributed by atoms with Crippen LogP contribution in [0.2, 0.25) is 0 Å². The highest BCUT2D eigenvalue weighted by atomic mass is 79.9. The number of nitrogens with zero attached hydrogens (tertiary/aromatic N) is 2. The van der Waals surface area contributed by atoms with Gasteiger partial charge in [0.25, 0.3) is 0 Å². The van der Waals surface area contributed by atoms with Gasteiger partial charge in [-0.15, -0.1) is 11.6 Å². The fraction of sp³-hybridized carbons (Fsp3) is 0.417. The predicted octanol–water partition coefficient (Wildman–Crippen LogP) is 4.60. The summed E-state index contributed by atoms with van der Waals surface area (Å²) in [6, 6.07) is 3.45. The van der Waals surface area contributed by atoms with Gasteiger partial charge < -0.3 is 4.57 Å². The molecule has 0 aliphatic heterocycles. The van der Waals surface area contributed by atoms with Crippen molar-refractivity contribution in [2.45, 2.75) is 18.8 Å². The molecule has 2 nitrogen and oxygen atoms in total. The zero-order valence-corrected chi connectivity index (χ0v) is 13.2. The zero-order valence-electron chi connectivity index (χ0n) is 10.1. The number of imidazole rings is 1. The van der Waals surface area contributed by atoms with Crippen LogP contribution in [0.25, 0.3) is 11.0 Å². The Morgan fingerprint density at radius 1 is 1.56 bits per heavy atom. The van der Waals surface area contributed by atoms with Crippen molar-refractivity contribution in [3.8, 4) is 0 Å². The first-order chi connectivity index (χ1) is 8.58. The van der Waals surface area contributed by atoms with E-state index in [9.17, 15) is 4.39 Å². The highest BCUT2D eigenvalue weighted by molar-refractivity contribution is 9.10. The number of thioether (sulfide) groups is 1. The van der Waals surface area contributed by atoms with Gasteiger partial charge >= 0.3 is 0 Å². The summed E-state index contributed by atoms with van der Waals surface area (Å²) >= 11 is 10.9. The van der Waals surface area contributed by atoms with E-state index in [-0.39, 0.29) is 11.9 Å². The lowest BCUT2D eigenvalue weighted by Crippen LogP contribution is -2.10. The third-order valence-corrected chi connectivity index (χ3v) is 4.44. The van der Waals surface area contributed by atoms with E-state index in [2.05, 4.69) is 27.8 Å². The van der Waals surface area contributed by atoms with Crippen molar-refractivity contribution in [1.82, 2.24) is 9.55 Å². The normalized spacial score (nSPS) is 13.2. The molecular weight excluding hydrogens is 339 g/mol. The van der Waals surface area contributed by atoms with Crippen LogP contribution in [-0.4, -0.2) is 21.6 Å². The fourth-order valence-corrected chi connectivity index (χ4v) is 3.19. The molecular formula is C12H13BrClFN2S. The van der Waals surface area contributed by atoms with Crippen molar-refractivity contribution in [1.29, 1.82) is 0 Å². The molecule has 0 fully saturated rings. The van der Waals surface area contributed by atoms with Gasteiger partial charge in [-0.25, -0.2) is 9.37 Å². The number of hydrogen-bond donors (Lipinski definition) is 0. The quantitative estimate of drug-likeness (QED) is 0.749. The van der Waals surface area contributed by atoms with E-state index in [1.54, 1.807) is 17.8 Å². The maximum absolute atomic E-state index is 13.7. The molecule has 18 heavy (non-hydrogen) atoms. The number of halogens is 3. The van der Waals surface area contributed by atoms with Crippen molar-refractivity contribution < 1.29 is 4.39 Å². The van der Waals surface area contributed by atoms with E-state index in [4.69, 9.17) is 11.6 Å². The standard InChI is InChI=1S/C12H13BrClFN2S/c1-7(6-18-2)17-11-4-9(15)8(13)3-10(11)16-12(17)5-14/h3-4,7H,5-6H2,1-2H3. The lowest BCUT2D eigenvalue weighted by molar-refractivity contribution is 0.599. The Morgan fingerprint density at radius 3 is 2.89 bits per heavy atom. The molecule has 2 aromatic rings. The minimum atomic E-state index is -0.277. The molecule has 6 heteroatoms. The summed E-state index contributed by atoms with van der Waals surface area (Å²) < 4.78 is 16.1. The van der Waals surface area contributed by atoms with Gasteiger partial charge in [0.1, 0.15) is 11.6 Å². The monoisotopic (exact) mass is 350 g/mol. The van der Waals surface area contributed by atoms with Crippen molar-refractivity contribution >= 4 is 50.3 Å². The van der Waals surface area contributed by atoms with Gasteiger partial charge in [-0.05, 0) is 35.2 Å². The van der Waals surface area contributed by atoms with E-state index in [1.165, 1.54) is 6.07 Å². The first kappa shape index (κ1) is 14.2. The topological polar surface area (TPSA) is 17.8 Å². The highest BCUT2D eigenvalue weighted by Crippen LogP contribution is 2.28. The van der Waals surface area contributed by atoms with Gasteiger partial charge in [0, 0.05) is 17.9 Å². The third kappa shape index (κ3) is 2.53. The molecule has 0 spiro atoms. The van der Waals surface area contributed by atoms with Crippen LogP contribution in [0.4, 0.5) is 4.39 Å². The van der Waals surface area contributed by atoms with Gasteiger partial charge in [-0.3, -0.25) is 0 Å². The number of fused-ring (bicyclic) bond motifs is 1. The average molecular weight is 352 g/mol. The zero-order chi connectivity index (χ0) is 13.3. The lowest BCUT2D eigenvalue weighted by Gasteiger charge is -2.15. The van der Waals surface area contributed by atoms with E-state index in [0.29, 0.717) is 10.4 Å². The van der Waals surface area contributed by atoms with Gasteiger partial charge in [-0.1, -0.05) is 0 Å². The number of rotatable bonds is 4. The molecule has 98 valence electrons. The van der Waals surface area contributed by atoms with E-state index in [1.807, 2.05) is 10.8 Å². The second kappa shape index (κ2) is 5.80. The fourth-order valence-electron chi connectivity index (χ4n) is 2.04. The summed E-state index contributed by atoms with van der Waals surface area (Å²) in [6.45, 7) is 2.09. The molecule has 0 amide bonds.